The highest BCUT2D eigenvalue weighted by Gasteiger charge is 2.28. The molecule has 8 nitrogen and oxygen atoms in total. The topological polar surface area (TPSA) is 102 Å². The lowest BCUT2D eigenvalue weighted by Crippen LogP contribution is -2.30. The molecule has 0 spiro atoms. The first-order valence-electron chi connectivity index (χ1n) is 9.58. The number of methoxy groups -OCH3 is 1. The minimum absolute atomic E-state index is 0.0324. The Kier molecular flexibility index (Phi) is 6.73. The van der Waals surface area contributed by atoms with Gasteiger partial charge in [0.2, 0.25) is 10.0 Å². The van der Waals surface area contributed by atoms with Crippen molar-refractivity contribution >= 4 is 27.6 Å². The third-order valence-electron chi connectivity index (χ3n) is 4.79. The summed E-state index contributed by atoms with van der Waals surface area (Å²) in [5, 5.41) is 2.65. The van der Waals surface area contributed by atoms with E-state index in [0.717, 1.165) is 12.8 Å². The SMILES string of the molecule is COc1ccccc1NC(=O)C(C)OC(=O)c1cccc(S(=O)(=O)N2CCCC2)c1. The predicted molar refractivity (Wildman–Crippen MR) is 111 cm³/mol. The molecule has 1 aliphatic heterocycles. The number of para-hydroxylation sites is 2. The second-order valence-electron chi connectivity index (χ2n) is 6.88. The maximum Gasteiger partial charge on any atom is 0.338 e. The summed E-state index contributed by atoms with van der Waals surface area (Å²) in [5.41, 5.74) is 0.513. The number of esters is 1. The number of hydrogen-bond donors (Lipinski definition) is 1. The summed E-state index contributed by atoms with van der Waals surface area (Å²) < 4.78 is 37.2. The van der Waals surface area contributed by atoms with E-state index in [-0.39, 0.29) is 10.5 Å². The van der Waals surface area contributed by atoms with Gasteiger partial charge in [-0.25, -0.2) is 13.2 Å². The maximum absolute atomic E-state index is 12.7. The first-order valence-corrected chi connectivity index (χ1v) is 11.0. The Bertz CT molecular complexity index is 1030. The molecule has 2 aromatic rings. The lowest BCUT2D eigenvalue weighted by atomic mass is 10.2. The van der Waals surface area contributed by atoms with Crippen LogP contribution in [0.15, 0.2) is 53.4 Å². The molecule has 9 heteroatoms. The second kappa shape index (κ2) is 9.27. The smallest absolute Gasteiger partial charge is 0.338 e. The van der Waals surface area contributed by atoms with E-state index in [1.54, 1.807) is 24.3 Å². The average Bonchev–Trinajstić information content (AvgIpc) is 3.30. The van der Waals surface area contributed by atoms with Crippen molar-refractivity contribution in [1.82, 2.24) is 4.31 Å². The number of anilines is 1. The Labute approximate surface area is 175 Å². The van der Waals surface area contributed by atoms with Crippen LogP contribution >= 0.6 is 0 Å². The van der Waals surface area contributed by atoms with E-state index in [1.165, 1.54) is 42.6 Å². The van der Waals surface area contributed by atoms with Crippen LogP contribution in [0.1, 0.15) is 30.1 Å². The number of nitrogens with one attached hydrogen (secondary N) is 1. The molecule has 0 aliphatic carbocycles. The summed E-state index contributed by atoms with van der Waals surface area (Å²) >= 11 is 0. The van der Waals surface area contributed by atoms with Crippen LogP contribution in [0, 0.1) is 0 Å². The number of nitrogens with zero attached hydrogens (tertiary/aromatic N) is 1. The molecule has 1 heterocycles. The molecule has 0 bridgehead atoms. The highest BCUT2D eigenvalue weighted by molar-refractivity contribution is 7.89. The molecule has 1 saturated heterocycles. The zero-order valence-electron chi connectivity index (χ0n) is 16.8. The Morgan fingerprint density at radius 2 is 1.77 bits per heavy atom. The second-order valence-corrected chi connectivity index (χ2v) is 8.81. The van der Waals surface area contributed by atoms with Gasteiger partial charge in [0, 0.05) is 13.1 Å². The Hall–Kier alpha value is -2.91. The van der Waals surface area contributed by atoms with E-state index in [2.05, 4.69) is 5.32 Å². The number of ether oxygens (including phenoxy) is 2. The molecule has 1 amide bonds. The number of benzene rings is 2. The lowest BCUT2D eigenvalue weighted by molar-refractivity contribution is -0.123. The van der Waals surface area contributed by atoms with Gasteiger partial charge in [0.05, 0.1) is 23.3 Å². The first kappa shape index (κ1) is 21.8. The summed E-state index contributed by atoms with van der Waals surface area (Å²) in [5.74, 6) is -0.839. The highest BCUT2D eigenvalue weighted by atomic mass is 32.2. The van der Waals surface area contributed by atoms with Crippen molar-refractivity contribution in [1.29, 1.82) is 0 Å². The fourth-order valence-electron chi connectivity index (χ4n) is 3.13. The van der Waals surface area contributed by atoms with Crippen molar-refractivity contribution < 1.29 is 27.5 Å². The van der Waals surface area contributed by atoms with Crippen molar-refractivity contribution in [3.63, 3.8) is 0 Å². The van der Waals surface area contributed by atoms with Crippen LogP contribution in [0.5, 0.6) is 5.75 Å². The standard InChI is InChI=1S/C21H24N2O6S/c1-15(20(24)22-18-10-3-4-11-19(18)28-2)29-21(25)16-8-7-9-17(14-16)30(26,27)23-12-5-6-13-23/h3-4,7-11,14-15H,5-6,12-13H2,1-2H3,(H,22,24). The van der Waals surface area contributed by atoms with E-state index < -0.39 is 28.0 Å². The van der Waals surface area contributed by atoms with Crippen molar-refractivity contribution in [3.8, 4) is 5.75 Å². The number of carbonyl (C=O) groups excluding carboxylic acids is 2. The van der Waals surface area contributed by atoms with Crippen LogP contribution in [-0.4, -0.2) is 50.9 Å². The molecular formula is C21H24N2O6S. The fourth-order valence-corrected chi connectivity index (χ4v) is 4.69. The van der Waals surface area contributed by atoms with Crippen molar-refractivity contribution in [2.75, 3.05) is 25.5 Å². The van der Waals surface area contributed by atoms with Crippen LogP contribution < -0.4 is 10.1 Å². The Balaban J connectivity index is 1.69. The highest BCUT2D eigenvalue weighted by Crippen LogP contribution is 2.24. The van der Waals surface area contributed by atoms with Crippen molar-refractivity contribution in [2.45, 2.75) is 30.8 Å². The molecule has 160 valence electrons. The van der Waals surface area contributed by atoms with Crippen LogP contribution in [0.4, 0.5) is 5.69 Å². The number of hydrogen-bond acceptors (Lipinski definition) is 6. The fraction of sp³-hybridized carbons (Fsp3) is 0.333. The molecular weight excluding hydrogens is 408 g/mol. The third kappa shape index (κ3) is 4.80. The first-order chi connectivity index (χ1) is 14.3. The summed E-state index contributed by atoms with van der Waals surface area (Å²) in [6.07, 6.45) is 0.542. The zero-order chi connectivity index (χ0) is 21.7. The predicted octanol–water partition coefficient (Wildman–Crippen LogP) is 2.66. The summed E-state index contributed by atoms with van der Waals surface area (Å²) in [6.45, 7) is 2.38. The quantitative estimate of drug-likeness (QED) is 0.675. The van der Waals surface area contributed by atoms with Gasteiger partial charge in [-0.3, -0.25) is 4.79 Å². The summed E-state index contributed by atoms with van der Waals surface area (Å²) in [7, 11) is -2.17. The number of carbonyl (C=O) groups is 2. The van der Waals surface area contributed by atoms with Gasteiger partial charge in [0.1, 0.15) is 5.75 Å². The molecule has 30 heavy (non-hydrogen) atoms. The van der Waals surface area contributed by atoms with Gasteiger partial charge >= 0.3 is 5.97 Å². The zero-order valence-corrected chi connectivity index (χ0v) is 17.6. The molecule has 0 aromatic heterocycles. The number of amides is 1. The molecule has 1 atom stereocenters. The van der Waals surface area contributed by atoms with Crippen LogP contribution in [-0.2, 0) is 19.6 Å². The van der Waals surface area contributed by atoms with Gasteiger partial charge < -0.3 is 14.8 Å². The lowest BCUT2D eigenvalue weighted by Gasteiger charge is -2.17. The summed E-state index contributed by atoms with van der Waals surface area (Å²) in [6, 6.07) is 12.5. The molecule has 0 radical (unpaired) electrons. The average molecular weight is 432 g/mol. The molecule has 0 saturated carbocycles. The van der Waals surface area contributed by atoms with E-state index in [1.807, 2.05) is 0 Å². The number of sulfonamides is 1. The van der Waals surface area contributed by atoms with E-state index in [4.69, 9.17) is 9.47 Å². The maximum atomic E-state index is 12.7. The summed E-state index contributed by atoms with van der Waals surface area (Å²) in [4.78, 5) is 24.9. The molecule has 3 rings (SSSR count). The Morgan fingerprint density at radius 3 is 2.47 bits per heavy atom. The number of rotatable bonds is 7. The Morgan fingerprint density at radius 1 is 1.07 bits per heavy atom. The van der Waals surface area contributed by atoms with Gasteiger partial charge in [-0.1, -0.05) is 18.2 Å². The molecule has 2 aromatic carbocycles. The van der Waals surface area contributed by atoms with E-state index in [0.29, 0.717) is 24.5 Å². The van der Waals surface area contributed by atoms with Crippen molar-refractivity contribution in [2.24, 2.45) is 0 Å². The van der Waals surface area contributed by atoms with Gasteiger partial charge in [-0.15, -0.1) is 0 Å². The van der Waals surface area contributed by atoms with Gasteiger partial charge in [-0.2, -0.15) is 4.31 Å². The van der Waals surface area contributed by atoms with Crippen molar-refractivity contribution in [3.05, 3.63) is 54.1 Å². The minimum Gasteiger partial charge on any atom is -0.495 e. The van der Waals surface area contributed by atoms with E-state index in [9.17, 15) is 18.0 Å². The normalized spacial score (nSPS) is 15.4. The third-order valence-corrected chi connectivity index (χ3v) is 6.69. The van der Waals surface area contributed by atoms with Crippen LogP contribution in [0.25, 0.3) is 0 Å². The largest absolute Gasteiger partial charge is 0.495 e. The van der Waals surface area contributed by atoms with Gasteiger partial charge in [-0.05, 0) is 50.1 Å². The minimum atomic E-state index is -3.66. The monoisotopic (exact) mass is 432 g/mol. The molecule has 1 fully saturated rings. The molecule has 1 unspecified atom stereocenters. The van der Waals surface area contributed by atoms with E-state index >= 15 is 0 Å². The van der Waals surface area contributed by atoms with Gasteiger partial charge in [0.25, 0.3) is 5.91 Å². The molecule has 1 aliphatic rings. The van der Waals surface area contributed by atoms with Crippen LogP contribution in [0.2, 0.25) is 0 Å². The van der Waals surface area contributed by atoms with Gasteiger partial charge in [0.15, 0.2) is 6.10 Å². The molecule has 1 N–H and O–H groups in total. The van der Waals surface area contributed by atoms with Crippen LogP contribution in [0.3, 0.4) is 0 Å².